The first-order chi connectivity index (χ1) is 19.2. The fourth-order valence-corrected chi connectivity index (χ4v) is 6.52. The summed E-state index contributed by atoms with van der Waals surface area (Å²) in [5, 5.41) is 10.1. The van der Waals surface area contributed by atoms with E-state index in [-0.39, 0.29) is 24.3 Å². The van der Waals surface area contributed by atoms with Gasteiger partial charge in [0.25, 0.3) is 9.04 Å². The van der Waals surface area contributed by atoms with Crippen molar-refractivity contribution >= 4 is 48.7 Å². The Kier molecular flexibility index (Phi) is 9.52. The largest absolute Gasteiger partial charge is 0.461 e. The molecule has 40 heavy (non-hydrogen) atoms. The maximum atomic E-state index is 12.9. The topological polar surface area (TPSA) is 95.3 Å². The van der Waals surface area contributed by atoms with Gasteiger partial charge in [0.15, 0.2) is 0 Å². The summed E-state index contributed by atoms with van der Waals surface area (Å²) in [7, 11) is -1.69. The standard InChI is InChI=1S/C30H32ClN4O4Si/c1-5-38-29(37)25-18-24(34-35(25)20-27(36)33-26-17-16-21(31)19-32-26)28(30(2,3)4)39-40(22-12-8-6-9-13-22)23-14-10-7-11-15-23/h6-19,28H,5,20H2,1-4H3,(H,32,33,36). The SMILES string of the molecule is CCOC(=O)c1cc(C(O[Si](c2ccccc2)c2ccccc2)C(C)(C)C)nn1CC(=O)Nc1ccc(Cl)cn1. The smallest absolute Gasteiger partial charge is 0.356 e. The van der Waals surface area contributed by atoms with Crippen LogP contribution >= 0.6 is 11.6 Å². The van der Waals surface area contributed by atoms with Crippen molar-refractivity contribution < 1.29 is 18.8 Å². The van der Waals surface area contributed by atoms with Crippen LogP contribution in [0, 0.1) is 5.41 Å². The second-order valence-electron chi connectivity index (χ2n) is 10.2. The molecule has 4 rings (SSSR count). The molecule has 1 atom stereocenters. The highest BCUT2D eigenvalue weighted by atomic mass is 35.5. The number of halogens is 1. The van der Waals surface area contributed by atoms with Gasteiger partial charge in [0.1, 0.15) is 18.1 Å². The first-order valence-electron chi connectivity index (χ1n) is 13.0. The third kappa shape index (κ3) is 7.44. The quantitative estimate of drug-likeness (QED) is 0.218. The Hall–Kier alpha value is -3.79. The Morgan fingerprint density at radius 2 is 1.62 bits per heavy atom. The molecule has 0 bridgehead atoms. The maximum Gasteiger partial charge on any atom is 0.356 e. The van der Waals surface area contributed by atoms with Gasteiger partial charge in [-0.1, -0.05) is 93.0 Å². The molecule has 2 aromatic heterocycles. The van der Waals surface area contributed by atoms with Gasteiger partial charge in [-0.05, 0) is 40.9 Å². The number of ether oxygens (including phenoxy) is 1. The minimum Gasteiger partial charge on any atom is -0.461 e. The van der Waals surface area contributed by atoms with Crippen molar-refractivity contribution in [3.05, 3.63) is 101 Å². The average Bonchev–Trinajstić information content (AvgIpc) is 3.34. The van der Waals surface area contributed by atoms with Crippen LogP contribution in [0.25, 0.3) is 0 Å². The number of aromatic nitrogens is 3. The normalized spacial score (nSPS) is 12.2. The fraction of sp³-hybridized carbons (Fsp3) is 0.267. The van der Waals surface area contributed by atoms with Crippen molar-refractivity contribution in [3.8, 4) is 0 Å². The highest BCUT2D eigenvalue weighted by molar-refractivity contribution is 6.80. The van der Waals surface area contributed by atoms with E-state index in [1.54, 1.807) is 25.1 Å². The van der Waals surface area contributed by atoms with Gasteiger partial charge >= 0.3 is 5.97 Å². The molecule has 0 saturated heterocycles. The van der Waals surface area contributed by atoms with E-state index in [2.05, 4.69) is 55.3 Å². The molecule has 0 aliphatic carbocycles. The molecule has 8 nitrogen and oxygen atoms in total. The van der Waals surface area contributed by atoms with E-state index in [4.69, 9.17) is 25.9 Å². The minimum atomic E-state index is -1.69. The molecular weight excluding hydrogens is 544 g/mol. The van der Waals surface area contributed by atoms with Gasteiger partial charge < -0.3 is 14.5 Å². The zero-order valence-corrected chi connectivity index (χ0v) is 24.7. The van der Waals surface area contributed by atoms with E-state index in [9.17, 15) is 9.59 Å². The average molecular weight is 576 g/mol. The van der Waals surface area contributed by atoms with Crippen LogP contribution in [0.2, 0.25) is 5.02 Å². The first kappa shape index (κ1) is 29.2. The number of carbonyl (C=O) groups is 2. The number of rotatable bonds is 10. The molecule has 0 aliphatic rings. The summed E-state index contributed by atoms with van der Waals surface area (Å²) in [6.45, 7) is 7.90. The molecule has 207 valence electrons. The van der Waals surface area contributed by atoms with Crippen LogP contribution in [0.15, 0.2) is 85.1 Å². The van der Waals surface area contributed by atoms with Crippen LogP contribution < -0.4 is 15.7 Å². The van der Waals surface area contributed by atoms with Crippen LogP contribution in [-0.2, 0) is 20.5 Å². The molecule has 0 saturated carbocycles. The number of carbonyl (C=O) groups excluding carboxylic acids is 2. The Labute approximate surface area is 241 Å². The van der Waals surface area contributed by atoms with Crippen LogP contribution in [0.4, 0.5) is 5.82 Å². The first-order valence-corrected chi connectivity index (χ1v) is 14.7. The summed E-state index contributed by atoms with van der Waals surface area (Å²) >= 11 is 5.90. The molecule has 1 N–H and O–H groups in total. The minimum absolute atomic E-state index is 0.169. The molecule has 2 aromatic carbocycles. The molecule has 1 radical (unpaired) electrons. The Balaban J connectivity index is 1.69. The molecule has 1 amide bonds. The molecule has 1 unspecified atom stereocenters. The molecular formula is C30H32ClN4O4Si. The second-order valence-corrected chi connectivity index (χ2v) is 12.7. The zero-order chi connectivity index (χ0) is 28.7. The number of nitrogens with zero attached hydrogens (tertiary/aromatic N) is 3. The summed E-state index contributed by atoms with van der Waals surface area (Å²) in [4.78, 5) is 29.9. The van der Waals surface area contributed by atoms with Crippen molar-refractivity contribution in [2.45, 2.75) is 40.3 Å². The number of pyridine rings is 1. The van der Waals surface area contributed by atoms with Gasteiger partial charge in [0, 0.05) is 6.20 Å². The van der Waals surface area contributed by atoms with Crippen molar-refractivity contribution in [1.82, 2.24) is 14.8 Å². The molecule has 0 aliphatic heterocycles. The van der Waals surface area contributed by atoms with Crippen molar-refractivity contribution in [1.29, 1.82) is 0 Å². The Morgan fingerprint density at radius 1 is 1.00 bits per heavy atom. The maximum absolute atomic E-state index is 12.9. The second kappa shape index (κ2) is 13.0. The molecule has 2 heterocycles. The summed E-state index contributed by atoms with van der Waals surface area (Å²) in [5.74, 6) is -0.627. The van der Waals surface area contributed by atoms with Gasteiger partial charge in [0.05, 0.1) is 23.4 Å². The van der Waals surface area contributed by atoms with E-state index < -0.39 is 27.0 Å². The summed E-state index contributed by atoms with van der Waals surface area (Å²) in [5.41, 5.74) is 0.324. The number of amides is 1. The molecule has 10 heteroatoms. The van der Waals surface area contributed by atoms with E-state index in [1.807, 2.05) is 36.4 Å². The third-order valence-electron chi connectivity index (χ3n) is 5.93. The number of hydrogen-bond acceptors (Lipinski definition) is 6. The Bertz CT molecular complexity index is 1380. The van der Waals surface area contributed by atoms with Gasteiger partial charge in [-0.15, -0.1) is 0 Å². The lowest BCUT2D eigenvalue weighted by atomic mass is 9.87. The van der Waals surface area contributed by atoms with Crippen molar-refractivity contribution in [3.63, 3.8) is 0 Å². The number of esters is 1. The van der Waals surface area contributed by atoms with E-state index >= 15 is 0 Å². The molecule has 0 spiro atoms. The molecule has 0 fully saturated rings. The number of benzene rings is 2. The van der Waals surface area contributed by atoms with E-state index in [0.29, 0.717) is 16.5 Å². The van der Waals surface area contributed by atoms with Gasteiger partial charge in [-0.3, -0.25) is 4.79 Å². The predicted molar refractivity (Wildman–Crippen MR) is 157 cm³/mol. The lowest BCUT2D eigenvalue weighted by molar-refractivity contribution is -0.117. The van der Waals surface area contributed by atoms with E-state index in [0.717, 1.165) is 10.4 Å². The Morgan fingerprint density at radius 3 is 2.15 bits per heavy atom. The van der Waals surface area contributed by atoms with Crippen LogP contribution in [-0.4, -0.2) is 42.3 Å². The zero-order valence-electron chi connectivity index (χ0n) is 22.9. The van der Waals surface area contributed by atoms with Gasteiger partial charge in [-0.2, -0.15) is 5.10 Å². The van der Waals surface area contributed by atoms with Gasteiger partial charge in [-0.25, -0.2) is 14.5 Å². The predicted octanol–water partition coefficient (Wildman–Crippen LogP) is 4.66. The van der Waals surface area contributed by atoms with Crippen LogP contribution in [0.1, 0.15) is 50.0 Å². The summed E-state index contributed by atoms with van der Waals surface area (Å²) < 4.78 is 13.6. The number of hydrogen-bond donors (Lipinski definition) is 1. The number of nitrogens with one attached hydrogen (secondary N) is 1. The lowest BCUT2D eigenvalue weighted by Gasteiger charge is -2.33. The highest BCUT2D eigenvalue weighted by Crippen LogP contribution is 2.36. The van der Waals surface area contributed by atoms with Crippen LogP contribution in [0.3, 0.4) is 0 Å². The highest BCUT2D eigenvalue weighted by Gasteiger charge is 2.35. The van der Waals surface area contributed by atoms with Crippen LogP contribution in [0.5, 0.6) is 0 Å². The lowest BCUT2D eigenvalue weighted by Crippen LogP contribution is -2.47. The fourth-order valence-electron chi connectivity index (χ4n) is 4.10. The van der Waals surface area contributed by atoms with Crippen molar-refractivity contribution in [2.24, 2.45) is 5.41 Å². The van der Waals surface area contributed by atoms with Crippen molar-refractivity contribution in [2.75, 3.05) is 11.9 Å². The summed E-state index contributed by atoms with van der Waals surface area (Å²) in [6, 6.07) is 25.1. The monoisotopic (exact) mass is 575 g/mol. The third-order valence-corrected chi connectivity index (χ3v) is 8.34. The number of anilines is 1. The molecule has 4 aromatic rings. The van der Waals surface area contributed by atoms with Gasteiger partial charge in [0.2, 0.25) is 5.91 Å². The van der Waals surface area contributed by atoms with E-state index in [1.165, 1.54) is 10.9 Å². The summed E-state index contributed by atoms with van der Waals surface area (Å²) in [6.07, 6.45) is 0.953.